The smallest absolute Gasteiger partial charge is 0.358 e. The molecule has 0 atom stereocenters. The molecule has 1 aromatic heterocycles. The van der Waals surface area contributed by atoms with Crippen molar-refractivity contribution < 1.29 is 19.4 Å². The Bertz CT molecular complexity index is 787. The van der Waals surface area contributed by atoms with Gasteiger partial charge in [0.2, 0.25) is 5.91 Å². The van der Waals surface area contributed by atoms with E-state index in [0.29, 0.717) is 19.7 Å². The van der Waals surface area contributed by atoms with Gasteiger partial charge in [-0.2, -0.15) is 0 Å². The molecule has 1 amide bonds. The summed E-state index contributed by atoms with van der Waals surface area (Å²) < 4.78 is 6.90. The second-order valence-corrected chi connectivity index (χ2v) is 5.95. The zero-order chi connectivity index (χ0) is 17.8. The molecule has 1 aromatic carbocycles. The van der Waals surface area contributed by atoms with Crippen LogP contribution in [0, 0.1) is 0 Å². The van der Waals surface area contributed by atoms with Gasteiger partial charge in [0.05, 0.1) is 12.8 Å². The van der Waals surface area contributed by atoms with Crippen LogP contribution in [0.3, 0.4) is 0 Å². The van der Waals surface area contributed by atoms with E-state index in [0.717, 1.165) is 24.2 Å². The van der Waals surface area contributed by atoms with Crippen molar-refractivity contribution >= 4 is 11.9 Å². The van der Waals surface area contributed by atoms with Gasteiger partial charge in [-0.1, -0.05) is 18.2 Å². The number of benzene rings is 1. The standard InChI is InChI=1S/C17H20N4O4/c1-2-7-25-14-4-3-13-9-20(6-5-12(13)8-14)16(22)11-21-10-15(17(23)24)18-19-21/h3-4,8,10H,2,5-7,9,11H2,1H3,(H,23,24). The van der Waals surface area contributed by atoms with Gasteiger partial charge < -0.3 is 14.7 Å². The summed E-state index contributed by atoms with van der Waals surface area (Å²) in [5.74, 6) is -0.408. The monoisotopic (exact) mass is 344 g/mol. The van der Waals surface area contributed by atoms with E-state index in [1.54, 1.807) is 4.90 Å². The highest BCUT2D eigenvalue weighted by Gasteiger charge is 2.22. The third kappa shape index (κ3) is 3.96. The second kappa shape index (κ2) is 7.33. The van der Waals surface area contributed by atoms with E-state index < -0.39 is 5.97 Å². The highest BCUT2D eigenvalue weighted by Crippen LogP contribution is 2.24. The molecule has 0 bridgehead atoms. The van der Waals surface area contributed by atoms with Crippen molar-refractivity contribution in [3.05, 3.63) is 41.2 Å². The van der Waals surface area contributed by atoms with Gasteiger partial charge in [0.1, 0.15) is 12.3 Å². The zero-order valence-electron chi connectivity index (χ0n) is 14.0. The number of carbonyl (C=O) groups is 2. The summed E-state index contributed by atoms with van der Waals surface area (Å²) in [6.07, 6.45) is 2.99. The van der Waals surface area contributed by atoms with Gasteiger partial charge in [-0.3, -0.25) is 4.79 Å². The summed E-state index contributed by atoms with van der Waals surface area (Å²) in [6, 6.07) is 5.97. The molecule has 0 aliphatic carbocycles. The fourth-order valence-electron chi connectivity index (χ4n) is 2.76. The molecule has 132 valence electrons. The van der Waals surface area contributed by atoms with Crippen molar-refractivity contribution in [2.24, 2.45) is 0 Å². The first kappa shape index (κ1) is 16.9. The molecule has 0 spiro atoms. The number of carbonyl (C=O) groups excluding carboxylic acids is 1. The number of carboxylic acid groups (broad SMARTS) is 1. The highest BCUT2D eigenvalue weighted by atomic mass is 16.5. The molecule has 1 N–H and O–H groups in total. The first-order chi connectivity index (χ1) is 12.1. The van der Waals surface area contributed by atoms with Crippen molar-refractivity contribution in [2.75, 3.05) is 13.2 Å². The maximum absolute atomic E-state index is 12.4. The molecular formula is C17H20N4O4. The van der Waals surface area contributed by atoms with Crippen molar-refractivity contribution in [2.45, 2.75) is 32.9 Å². The van der Waals surface area contributed by atoms with Gasteiger partial charge in [-0.25, -0.2) is 9.48 Å². The molecular weight excluding hydrogens is 324 g/mol. The molecule has 2 aromatic rings. The molecule has 1 aliphatic heterocycles. The summed E-state index contributed by atoms with van der Waals surface area (Å²) in [7, 11) is 0. The summed E-state index contributed by atoms with van der Waals surface area (Å²) in [4.78, 5) is 25.0. The van der Waals surface area contributed by atoms with E-state index in [-0.39, 0.29) is 18.1 Å². The van der Waals surface area contributed by atoms with Crippen LogP contribution in [-0.4, -0.2) is 50.0 Å². The lowest BCUT2D eigenvalue weighted by molar-refractivity contribution is -0.133. The maximum Gasteiger partial charge on any atom is 0.358 e. The minimum absolute atomic E-state index is 0.0205. The van der Waals surface area contributed by atoms with Crippen molar-refractivity contribution in [1.29, 1.82) is 0 Å². The lowest BCUT2D eigenvalue weighted by Crippen LogP contribution is -2.38. The number of fused-ring (bicyclic) bond motifs is 1. The molecule has 3 rings (SSSR count). The molecule has 0 saturated heterocycles. The summed E-state index contributed by atoms with van der Waals surface area (Å²) in [5, 5.41) is 16.0. The highest BCUT2D eigenvalue weighted by molar-refractivity contribution is 5.84. The molecule has 2 heterocycles. The number of amides is 1. The van der Waals surface area contributed by atoms with E-state index in [9.17, 15) is 9.59 Å². The van der Waals surface area contributed by atoms with Gasteiger partial charge >= 0.3 is 5.97 Å². The Labute approximate surface area is 145 Å². The zero-order valence-corrected chi connectivity index (χ0v) is 14.0. The van der Waals surface area contributed by atoms with E-state index >= 15 is 0 Å². The van der Waals surface area contributed by atoms with Crippen LogP contribution in [0.25, 0.3) is 0 Å². The lowest BCUT2D eigenvalue weighted by atomic mass is 9.99. The van der Waals surface area contributed by atoms with E-state index in [1.165, 1.54) is 16.4 Å². The first-order valence-corrected chi connectivity index (χ1v) is 8.22. The predicted molar refractivity (Wildman–Crippen MR) is 88.3 cm³/mol. The molecule has 1 aliphatic rings. The molecule has 0 fully saturated rings. The average Bonchev–Trinajstić information content (AvgIpc) is 3.08. The van der Waals surface area contributed by atoms with Crippen molar-refractivity contribution in [3.8, 4) is 5.75 Å². The van der Waals surface area contributed by atoms with Crippen LogP contribution >= 0.6 is 0 Å². The fourth-order valence-corrected chi connectivity index (χ4v) is 2.76. The lowest BCUT2D eigenvalue weighted by Gasteiger charge is -2.29. The summed E-state index contributed by atoms with van der Waals surface area (Å²) in [5.41, 5.74) is 2.14. The fraction of sp³-hybridized carbons (Fsp3) is 0.412. The Morgan fingerprint density at radius 3 is 2.88 bits per heavy atom. The number of nitrogens with zero attached hydrogens (tertiary/aromatic N) is 4. The van der Waals surface area contributed by atoms with E-state index in [2.05, 4.69) is 17.2 Å². The minimum Gasteiger partial charge on any atom is -0.494 e. The molecule has 0 saturated carbocycles. The quantitative estimate of drug-likeness (QED) is 0.849. The maximum atomic E-state index is 12.4. The number of aromatic carboxylic acids is 1. The Balaban J connectivity index is 1.63. The van der Waals surface area contributed by atoms with Crippen LogP contribution in [0.2, 0.25) is 0 Å². The number of hydrogen-bond donors (Lipinski definition) is 1. The molecule has 0 radical (unpaired) electrons. The number of ether oxygens (including phenoxy) is 1. The van der Waals surface area contributed by atoms with Crippen LogP contribution in [0.15, 0.2) is 24.4 Å². The molecule has 8 heteroatoms. The molecule has 8 nitrogen and oxygen atoms in total. The molecule has 0 unspecified atom stereocenters. The van der Waals surface area contributed by atoms with Crippen LogP contribution in [0.1, 0.15) is 35.0 Å². The predicted octanol–water partition coefficient (Wildman–Crippen LogP) is 1.35. The Morgan fingerprint density at radius 2 is 2.16 bits per heavy atom. The second-order valence-electron chi connectivity index (χ2n) is 5.95. The van der Waals surface area contributed by atoms with Crippen molar-refractivity contribution in [3.63, 3.8) is 0 Å². The van der Waals surface area contributed by atoms with Crippen LogP contribution in [-0.2, 0) is 24.3 Å². The normalized spacial score (nSPS) is 13.4. The topological polar surface area (TPSA) is 97.5 Å². The Hall–Kier alpha value is -2.90. The Kier molecular flexibility index (Phi) is 4.97. The van der Waals surface area contributed by atoms with Gasteiger partial charge in [-0.15, -0.1) is 5.10 Å². The Morgan fingerprint density at radius 1 is 1.32 bits per heavy atom. The number of aromatic nitrogens is 3. The van der Waals surface area contributed by atoms with E-state index in [1.807, 2.05) is 18.2 Å². The minimum atomic E-state index is -1.16. The SMILES string of the molecule is CCCOc1ccc2c(c1)CCN(C(=O)Cn1cc(C(=O)O)nn1)C2. The number of carboxylic acids is 1. The van der Waals surface area contributed by atoms with Crippen LogP contribution in [0.5, 0.6) is 5.75 Å². The summed E-state index contributed by atoms with van der Waals surface area (Å²) >= 11 is 0. The number of rotatable bonds is 6. The van der Waals surface area contributed by atoms with Gasteiger partial charge in [0.15, 0.2) is 5.69 Å². The van der Waals surface area contributed by atoms with E-state index in [4.69, 9.17) is 9.84 Å². The van der Waals surface area contributed by atoms with Gasteiger partial charge in [0, 0.05) is 13.1 Å². The van der Waals surface area contributed by atoms with Crippen LogP contribution < -0.4 is 4.74 Å². The summed E-state index contributed by atoms with van der Waals surface area (Å²) in [6.45, 7) is 3.88. The third-order valence-corrected chi connectivity index (χ3v) is 4.07. The largest absolute Gasteiger partial charge is 0.494 e. The first-order valence-electron chi connectivity index (χ1n) is 8.22. The van der Waals surface area contributed by atoms with Gasteiger partial charge in [0.25, 0.3) is 0 Å². The average molecular weight is 344 g/mol. The third-order valence-electron chi connectivity index (χ3n) is 4.07. The van der Waals surface area contributed by atoms with Gasteiger partial charge in [-0.05, 0) is 36.1 Å². The molecule has 25 heavy (non-hydrogen) atoms. The van der Waals surface area contributed by atoms with Crippen LogP contribution in [0.4, 0.5) is 0 Å². The van der Waals surface area contributed by atoms with Crippen molar-refractivity contribution in [1.82, 2.24) is 19.9 Å². The number of hydrogen-bond acceptors (Lipinski definition) is 5.